The minimum Gasteiger partial charge on any atom is -0.480 e. The number of aliphatic carboxylic acids is 1. The zero-order valence-corrected chi connectivity index (χ0v) is 12.3. The lowest BCUT2D eigenvalue weighted by molar-refractivity contribution is -0.145. The first-order valence-corrected chi connectivity index (χ1v) is 7.16. The molecule has 1 aliphatic rings. The summed E-state index contributed by atoms with van der Waals surface area (Å²) in [4.78, 5) is 12.9. The third kappa shape index (κ3) is 4.32. The van der Waals surface area contributed by atoms with Gasteiger partial charge in [-0.3, -0.25) is 4.90 Å². The van der Waals surface area contributed by atoms with Crippen molar-refractivity contribution in [2.45, 2.75) is 39.3 Å². The molecule has 0 unspecified atom stereocenters. The first-order chi connectivity index (χ1) is 9.54. The summed E-state index contributed by atoms with van der Waals surface area (Å²) in [6.07, 6.45) is 1.93. The van der Waals surface area contributed by atoms with Crippen molar-refractivity contribution in [2.24, 2.45) is 0 Å². The molecule has 4 heteroatoms. The number of ether oxygens (including phenoxy) is 1. The molecule has 0 aromatic heterocycles. The lowest BCUT2D eigenvalue weighted by Crippen LogP contribution is -2.37. The van der Waals surface area contributed by atoms with Crippen LogP contribution in [0.15, 0.2) is 18.2 Å². The molecule has 0 spiro atoms. The van der Waals surface area contributed by atoms with Crippen LogP contribution < -0.4 is 0 Å². The highest BCUT2D eigenvalue weighted by Crippen LogP contribution is 2.18. The second-order valence-electron chi connectivity index (χ2n) is 5.61. The average Bonchev–Trinajstić information content (AvgIpc) is 2.41. The van der Waals surface area contributed by atoms with E-state index in [0.717, 1.165) is 32.5 Å². The summed E-state index contributed by atoms with van der Waals surface area (Å²) in [6.45, 7) is 7.00. The van der Waals surface area contributed by atoms with E-state index in [2.05, 4.69) is 36.9 Å². The van der Waals surface area contributed by atoms with Crippen molar-refractivity contribution >= 4 is 5.97 Å². The number of hydrogen-bond donors (Lipinski definition) is 1. The smallest absolute Gasteiger partial charge is 0.329 e. The van der Waals surface area contributed by atoms with Gasteiger partial charge in [-0.05, 0) is 37.8 Å². The zero-order valence-electron chi connectivity index (χ0n) is 12.3. The fourth-order valence-corrected chi connectivity index (χ4v) is 2.69. The minimum atomic E-state index is -0.886. The molecule has 110 valence electrons. The quantitative estimate of drug-likeness (QED) is 0.897. The fourth-order valence-electron chi connectivity index (χ4n) is 2.69. The standard InChI is InChI=1S/C16H23NO3/c1-12-3-4-14(13(2)9-12)10-17-7-5-15(6-8-17)20-11-16(18)19/h3-4,9,15H,5-8,10-11H2,1-2H3,(H,18,19). The number of aryl methyl sites for hydroxylation is 2. The summed E-state index contributed by atoms with van der Waals surface area (Å²) >= 11 is 0. The minimum absolute atomic E-state index is 0.0986. The van der Waals surface area contributed by atoms with Gasteiger partial charge in [-0.1, -0.05) is 23.8 Å². The molecule has 0 radical (unpaired) electrons. The number of nitrogens with zero attached hydrogens (tertiary/aromatic N) is 1. The van der Waals surface area contributed by atoms with Crippen molar-refractivity contribution in [2.75, 3.05) is 19.7 Å². The summed E-state index contributed by atoms with van der Waals surface area (Å²) < 4.78 is 5.36. The number of carbonyl (C=O) groups is 1. The van der Waals surface area contributed by atoms with Gasteiger partial charge in [-0.2, -0.15) is 0 Å². The number of hydrogen-bond acceptors (Lipinski definition) is 3. The van der Waals surface area contributed by atoms with Crippen molar-refractivity contribution in [3.05, 3.63) is 34.9 Å². The Morgan fingerprint density at radius 1 is 1.35 bits per heavy atom. The number of benzene rings is 1. The summed E-state index contributed by atoms with van der Waals surface area (Å²) in [5.74, 6) is -0.886. The third-order valence-electron chi connectivity index (χ3n) is 3.87. The van der Waals surface area contributed by atoms with Gasteiger partial charge in [0.2, 0.25) is 0 Å². The van der Waals surface area contributed by atoms with Crippen LogP contribution in [0.4, 0.5) is 0 Å². The zero-order chi connectivity index (χ0) is 14.5. The van der Waals surface area contributed by atoms with Gasteiger partial charge in [0.25, 0.3) is 0 Å². The monoisotopic (exact) mass is 277 g/mol. The second-order valence-corrected chi connectivity index (χ2v) is 5.61. The SMILES string of the molecule is Cc1ccc(CN2CCC(OCC(=O)O)CC2)c(C)c1. The van der Waals surface area contributed by atoms with Gasteiger partial charge in [-0.15, -0.1) is 0 Å². The molecule has 4 nitrogen and oxygen atoms in total. The van der Waals surface area contributed by atoms with Crippen molar-refractivity contribution in [1.29, 1.82) is 0 Å². The first-order valence-electron chi connectivity index (χ1n) is 7.16. The van der Waals surface area contributed by atoms with E-state index in [1.165, 1.54) is 16.7 Å². The van der Waals surface area contributed by atoms with Gasteiger partial charge in [0.15, 0.2) is 0 Å². The maximum absolute atomic E-state index is 10.5. The molecule has 0 saturated carbocycles. The number of likely N-dealkylation sites (tertiary alicyclic amines) is 1. The van der Waals surface area contributed by atoms with E-state index >= 15 is 0 Å². The molecule has 1 fully saturated rings. The average molecular weight is 277 g/mol. The third-order valence-corrected chi connectivity index (χ3v) is 3.87. The van der Waals surface area contributed by atoms with Crippen LogP contribution in [0.2, 0.25) is 0 Å². The maximum atomic E-state index is 10.5. The number of carboxylic acids is 1. The Balaban J connectivity index is 1.80. The van der Waals surface area contributed by atoms with Crippen molar-refractivity contribution in [3.8, 4) is 0 Å². The molecule has 1 heterocycles. The van der Waals surface area contributed by atoms with Crippen LogP contribution in [0.3, 0.4) is 0 Å². The molecule has 0 bridgehead atoms. The molecule has 2 rings (SSSR count). The molecule has 1 aromatic carbocycles. The normalized spacial score (nSPS) is 17.3. The molecule has 0 aliphatic carbocycles. The Labute approximate surface area is 120 Å². The second kappa shape index (κ2) is 6.86. The van der Waals surface area contributed by atoms with Crippen molar-refractivity contribution < 1.29 is 14.6 Å². The predicted molar refractivity (Wildman–Crippen MR) is 77.8 cm³/mol. The van der Waals surface area contributed by atoms with E-state index in [1.807, 2.05) is 0 Å². The highest BCUT2D eigenvalue weighted by atomic mass is 16.5. The maximum Gasteiger partial charge on any atom is 0.329 e. The number of rotatable bonds is 5. The fraction of sp³-hybridized carbons (Fsp3) is 0.562. The van der Waals surface area contributed by atoms with Crippen LogP contribution >= 0.6 is 0 Å². The summed E-state index contributed by atoms with van der Waals surface area (Å²) in [5, 5.41) is 8.61. The molecule has 1 saturated heterocycles. The molecule has 0 atom stereocenters. The van der Waals surface area contributed by atoms with Crippen LogP contribution in [0, 0.1) is 13.8 Å². The Morgan fingerprint density at radius 3 is 2.65 bits per heavy atom. The molecule has 1 aromatic rings. The first kappa shape index (κ1) is 15.0. The highest BCUT2D eigenvalue weighted by molar-refractivity contribution is 5.68. The Morgan fingerprint density at radius 2 is 2.05 bits per heavy atom. The van der Waals surface area contributed by atoms with E-state index in [9.17, 15) is 4.79 Å². The number of carboxylic acid groups (broad SMARTS) is 1. The van der Waals surface area contributed by atoms with Gasteiger partial charge in [0.1, 0.15) is 6.61 Å². The largest absolute Gasteiger partial charge is 0.480 e. The molecule has 1 N–H and O–H groups in total. The summed E-state index contributed by atoms with van der Waals surface area (Å²) in [5.41, 5.74) is 4.02. The van der Waals surface area contributed by atoms with E-state index in [0.29, 0.717) is 0 Å². The summed E-state index contributed by atoms with van der Waals surface area (Å²) in [6, 6.07) is 6.58. The van der Waals surface area contributed by atoms with Crippen LogP contribution in [0.25, 0.3) is 0 Å². The van der Waals surface area contributed by atoms with E-state index < -0.39 is 5.97 Å². The van der Waals surface area contributed by atoms with Crippen molar-refractivity contribution in [3.63, 3.8) is 0 Å². The van der Waals surface area contributed by atoms with Gasteiger partial charge in [0.05, 0.1) is 6.10 Å². The molecule has 1 aliphatic heterocycles. The van der Waals surface area contributed by atoms with E-state index in [1.54, 1.807) is 0 Å². The van der Waals surface area contributed by atoms with E-state index in [4.69, 9.17) is 9.84 Å². The topological polar surface area (TPSA) is 49.8 Å². The molecular weight excluding hydrogens is 254 g/mol. The van der Waals surface area contributed by atoms with E-state index in [-0.39, 0.29) is 12.7 Å². The van der Waals surface area contributed by atoms with Crippen molar-refractivity contribution in [1.82, 2.24) is 4.90 Å². The van der Waals surface area contributed by atoms with Crippen LogP contribution in [-0.2, 0) is 16.1 Å². The van der Waals surface area contributed by atoms with Gasteiger partial charge in [0, 0.05) is 19.6 Å². The lowest BCUT2D eigenvalue weighted by atomic mass is 10.0. The molecule has 0 amide bonds. The van der Waals surface area contributed by atoms with Crippen LogP contribution in [0.5, 0.6) is 0 Å². The van der Waals surface area contributed by atoms with Gasteiger partial charge < -0.3 is 9.84 Å². The lowest BCUT2D eigenvalue weighted by Gasteiger charge is -2.32. The van der Waals surface area contributed by atoms with Gasteiger partial charge in [-0.25, -0.2) is 4.79 Å². The Bertz CT molecular complexity index is 465. The van der Waals surface area contributed by atoms with Crippen LogP contribution in [0.1, 0.15) is 29.5 Å². The predicted octanol–water partition coefficient (Wildman–Crippen LogP) is 2.37. The molecule has 20 heavy (non-hydrogen) atoms. The Hall–Kier alpha value is -1.39. The van der Waals surface area contributed by atoms with Crippen LogP contribution in [-0.4, -0.2) is 41.8 Å². The molecular formula is C16H23NO3. The Kier molecular flexibility index (Phi) is 5.15. The van der Waals surface area contributed by atoms with Gasteiger partial charge >= 0.3 is 5.97 Å². The number of piperidine rings is 1. The summed E-state index contributed by atoms with van der Waals surface area (Å²) in [7, 11) is 0. The highest BCUT2D eigenvalue weighted by Gasteiger charge is 2.20.